The molecule has 9 heteroatoms. The Kier molecular flexibility index (Phi) is 6.98. The van der Waals surface area contributed by atoms with Crippen LogP contribution in [-0.4, -0.2) is 44.6 Å². The number of carboxylic acid groups (broad SMARTS) is 1. The lowest BCUT2D eigenvalue weighted by atomic mass is 10.3. The third-order valence-corrected chi connectivity index (χ3v) is 4.31. The Morgan fingerprint density at radius 2 is 1.87 bits per heavy atom. The fourth-order valence-corrected chi connectivity index (χ4v) is 2.67. The summed E-state index contributed by atoms with van der Waals surface area (Å²) in [5.41, 5.74) is 0. The molecule has 0 saturated heterocycles. The van der Waals surface area contributed by atoms with Crippen LogP contribution in [0, 0.1) is 0 Å². The van der Waals surface area contributed by atoms with E-state index in [1.165, 1.54) is 19.1 Å². The minimum Gasteiger partial charge on any atom is -0.494 e. The molecule has 0 aromatic heterocycles. The average molecular weight is 344 g/mol. The van der Waals surface area contributed by atoms with Crippen molar-refractivity contribution in [2.45, 2.75) is 31.2 Å². The molecule has 0 bridgehead atoms. The Morgan fingerprint density at radius 3 is 2.39 bits per heavy atom. The highest BCUT2D eigenvalue weighted by atomic mass is 32.2. The molecular weight excluding hydrogens is 324 g/mol. The number of aliphatic carboxylic acids is 1. The van der Waals surface area contributed by atoms with Crippen LogP contribution in [0.3, 0.4) is 0 Å². The van der Waals surface area contributed by atoms with Crippen LogP contribution in [-0.2, 0) is 19.6 Å². The summed E-state index contributed by atoms with van der Waals surface area (Å²) in [6.45, 7) is 3.49. The van der Waals surface area contributed by atoms with Crippen LogP contribution in [0.5, 0.6) is 5.75 Å². The zero-order chi connectivity index (χ0) is 17.5. The van der Waals surface area contributed by atoms with E-state index in [1.807, 2.05) is 6.92 Å². The molecule has 1 aromatic carbocycles. The maximum Gasteiger partial charge on any atom is 0.325 e. The van der Waals surface area contributed by atoms with Crippen LogP contribution in [0.15, 0.2) is 29.2 Å². The monoisotopic (exact) mass is 344 g/mol. The molecule has 1 unspecified atom stereocenters. The van der Waals surface area contributed by atoms with Crippen LogP contribution >= 0.6 is 0 Å². The average Bonchev–Trinajstić information content (AvgIpc) is 2.47. The number of rotatable bonds is 9. The van der Waals surface area contributed by atoms with Gasteiger partial charge in [-0.05, 0) is 38.1 Å². The molecule has 1 atom stereocenters. The van der Waals surface area contributed by atoms with Gasteiger partial charge in [0.15, 0.2) is 0 Å². The smallest absolute Gasteiger partial charge is 0.325 e. The Morgan fingerprint density at radius 1 is 1.26 bits per heavy atom. The van der Waals surface area contributed by atoms with Gasteiger partial charge in [0.05, 0.1) is 11.5 Å². The van der Waals surface area contributed by atoms with E-state index in [2.05, 4.69) is 10.0 Å². The Labute approximate surface area is 134 Å². The Hall–Kier alpha value is -2.13. The summed E-state index contributed by atoms with van der Waals surface area (Å²) < 4.78 is 31.6. The lowest BCUT2D eigenvalue weighted by Crippen LogP contribution is -2.39. The summed E-state index contributed by atoms with van der Waals surface area (Å²) in [6, 6.07) is 4.86. The van der Waals surface area contributed by atoms with Gasteiger partial charge in [0.25, 0.3) is 0 Å². The van der Waals surface area contributed by atoms with Crippen molar-refractivity contribution in [3.8, 4) is 5.75 Å². The molecule has 128 valence electrons. The van der Waals surface area contributed by atoms with Gasteiger partial charge in [-0.3, -0.25) is 9.59 Å². The molecule has 0 spiro atoms. The van der Waals surface area contributed by atoms with Gasteiger partial charge in [0.2, 0.25) is 15.9 Å². The van der Waals surface area contributed by atoms with Crippen LogP contribution in [0.25, 0.3) is 0 Å². The lowest BCUT2D eigenvalue weighted by Gasteiger charge is -2.10. The second-order valence-corrected chi connectivity index (χ2v) is 6.45. The number of ether oxygens (including phenoxy) is 1. The summed E-state index contributed by atoms with van der Waals surface area (Å²) in [5.74, 6) is -1.14. The minimum absolute atomic E-state index is 0.0558. The summed E-state index contributed by atoms with van der Waals surface area (Å²) in [5, 5.41) is 10.9. The van der Waals surface area contributed by atoms with Gasteiger partial charge in [-0.2, -0.15) is 0 Å². The first-order valence-corrected chi connectivity index (χ1v) is 8.49. The topological polar surface area (TPSA) is 122 Å². The number of carbonyl (C=O) groups is 2. The molecular formula is C14H20N2O6S. The third-order valence-electron chi connectivity index (χ3n) is 2.84. The Balaban J connectivity index is 2.52. The zero-order valence-electron chi connectivity index (χ0n) is 12.9. The largest absolute Gasteiger partial charge is 0.494 e. The van der Waals surface area contributed by atoms with Gasteiger partial charge >= 0.3 is 5.97 Å². The van der Waals surface area contributed by atoms with Gasteiger partial charge in [0.1, 0.15) is 11.8 Å². The standard InChI is InChI=1S/C14H20N2O6S/c1-3-22-11-4-6-12(7-5-11)23(20,21)15-9-8-13(17)16-10(2)14(18)19/h4-7,10,15H,3,8-9H2,1-2H3,(H,16,17)(H,18,19). The summed E-state index contributed by atoms with van der Waals surface area (Å²) in [4.78, 5) is 22.1. The molecule has 0 saturated carbocycles. The van der Waals surface area contributed by atoms with Gasteiger partial charge in [0, 0.05) is 13.0 Å². The Bertz CT molecular complexity index is 642. The molecule has 0 aliphatic carbocycles. The molecule has 1 amide bonds. The van der Waals surface area contributed by atoms with Gasteiger partial charge in [-0.25, -0.2) is 13.1 Å². The molecule has 0 heterocycles. The first-order valence-electron chi connectivity index (χ1n) is 7.01. The highest BCUT2D eigenvalue weighted by molar-refractivity contribution is 7.89. The summed E-state index contributed by atoms with van der Waals surface area (Å²) >= 11 is 0. The number of benzene rings is 1. The van der Waals surface area contributed by atoms with Crippen LogP contribution in [0.4, 0.5) is 0 Å². The number of hydrogen-bond donors (Lipinski definition) is 3. The summed E-state index contributed by atoms with van der Waals surface area (Å²) in [7, 11) is -3.73. The van der Waals surface area contributed by atoms with Crippen LogP contribution < -0.4 is 14.8 Å². The quantitative estimate of drug-likeness (QED) is 0.594. The first kappa shape index (κ1) is 18.9. The van der Waals surface area contributed by atoms with Gasteiger partial charge < -0.3 is 15.2 Å². The highest BCUT2D eigenvalue weighted by Crippen LogP contribution is 2.15. The van der Waals surface area contributed by atoms with Gasteiger partial charge in [-0.15, -0.1) is 0 Å². The fraction of sp³-hybridized carbons (Fsp3) is 0.429. The minimum atomic E-state index is -3.73. The molecule has 1 rings (SSSR count). The molecule has 1 aromatic rings. The van der Waals surface area contributed by atoms with Crippen molar-refractivity contribution in [1.29, 1.82) is 0 Å². The normalized spacial score (nSPS) is 12.4. The number of carbonyl (C=O) groups excluding carboxylic acids is 1. The van der Waals surface area contributed by atoms with E-state index in [1.54, 1.807) is 12.1 Å². The molecule has 23 heavy (non-hydrogen) atoms. The maximum absolute atomic E-state index is 12.0. The lowest BCUT2D eigenvalue weighted by molar-refractivity contribution is -0.141. The van der Waals surface area contributed by atoms with E-state index >= 15 is 0 Å². The highest BCUT2D eigenvalue weighted by Gasteiger charge is 2.16. The summed E-state index contributed by atoms with van der Waals surface area (Å²) in [6.07, 6.45) is -0.159. The molecule has 0 fully saturated rings. The van der Waals surface area contributed by atoms with Gasteiger partial charge in [-0.1, -0.05) is 0 Å². The van der Waals surface area contributed by atoms with Crippen molar-refractivity contribution in [1.82, 2.24) is 10.0 Å². The van der Waals surface area contributed by atoms with Crippen LogP contribution in [0.2, 0.25) is 0 Å². The SMILES string of the molecule is CCOc1ccc(S(=O)(=O)NCCC(=O)NC(C)C(=O)O)cc1. The fourth-order valence-electron chi connectivity index (χ4n) is 1.64. The van der Waals surface area contributed by atoms with Crippen molar-refractivity contribution in [2.24, 2.45) is 0 Å². The number of hydrogen-bond acceptors (Lipinski definition) is 5. The van der Waals surface area contributed by atoms with E-state index < -0.39 is 27.9 Å². The molecule has 3 N–H and O–H groups in total. The van der Waals surface area contributed by atoms with E-state index in [0.29, 0.717) is 12.4 Å². The van der Waals surface area contributed by atoms with E-state index in [9.17, 15) is 18.0 Å². The number of carboxylic acids is 1. The van der Waals surface area contributed by atoms with Crippen molar-refractivity contribution in [3.05, 3.63) is 24.3 Å². The molecule has 8 nitrogen and oxygen atoms in total. The second-order valence-electron chi connectivity index (χ2n) is 4.68. The molecule has 0 aliphatic heterocycles. The van der Waals surface area contributed by atoms with Crippen molar-refractivity contribution >= 4 is 21.9 Å². The molecule has 0 radical (unpaired) electrons. The van der Waals surface area contributed by atoms with E-state index in [0.717, 1.165) is 0 Å². The predicted octanol–water partition coefficient (Wildman–Crippen LogP) is 0.343. The first-order chi connectivity index (χ1) is 10.8. The zero-order valence-corrected chi connectivity index (χ0v) is 13.7. The third kappa shape index (κ3) is 6.25. The number of nitrogens with one attached hydrogen (secondary N) is 2. The van der Waals surface area contributed by atoms with E-state index in [4.69, 9.17) is 9.84 Å². The maximum atomic E-state index is 12.0. The van der Waals surface area contributed by atoms with Crippen molar-refractivity contribution in [3.63, 3.8) is 0 Å². The van der Waals surface area contributed by atoms with E-state index in [-0.39, 0.29) is 17.9 Å². The number of amides is 1. The molecule has 0 aliphatic rings. The number of sulfonamides is 1. The van der Waals surface area contributed by atoms with Crippen molar-refractivity contribution in [2.75, 3.05) is 13.2 Å². The predicted molar refractivity (Wildman–Crippen MR) is 82.7 cm³/mol. The van der Waals surface area contributed by atoms with Crippen LogP contribution in [0.1, 0.15) is 20.3 Å². The second kappa shape index (κ2) is 8.49. The van der Waals surface area contributed by atoms with Crippen molar-refractivity contribution < 1.29 is 27.9 Å².